The van der Waals surface area contributed by atoms with Crippen molar-refractivity contribution < 1.29 is 4.74 Å². The van der Waals surface area contributed by atoms with Gasteiger partial charge in [0.2, 0.25) is 0 Å². The van der Waals surface area contributed by atoms with Gasteiger partial charge in [-0.2, -0.15) is 0 Å². The number of fused-ring (bicyclic) bond motifs is 1. The second-order valence-corrected chi connectivity index (χ2v) is 6.73. The molecule has 27 heavy (non-hydrogen) atoms. The second-order valence-electron chi connectivity index (χ2n) is 6.73. The number of rotatable bonds is 6. The molecule has 1 aromatic heterocycles. The molecular weight excluding hydrogens is 332 g/mol. The summed E-state index contributed by atoms with van der Waals surface area (Å²) in [6.45, 7) is 1.45. The molecule has 136 valence electrons. The summed E-state index contributed by atoms with van der Waals surface area (Å²) in [5, 5.41) is 1.22. The van der Waals surface area contributed by atoms with Crippen LogP contribution in [0.15, 0.2) is 79.0 Å². The average molecular weight is 356 g/mol. The largest absolute Gasteiger partial charge is 0.497 e. The highest BCUT2D eigenvalue weighted by Gasteiger charge is 2.12. The van der Waals surface area contributed by atoms with E-state index < -0.39 is 0 Å². The van der Waals surface area contributed by atoms with E-state index >= 15 is 0 Å². The molecule has 3 nitrogen and oxygen atoms in total. The molecule has 0 fully saturated rings. The summed E-state index contributed by atoms with van der Waals surface area (Å²) in [6.07, 6.45) is 3.09. The number of ether oxygens (including phenoxy) is 1. The fourth-order valence-electron chi connectivity index (χ4n) is 3.70. The van der Waals surface area contributed by atoms with Gasteiger partial charge in [-0.1, -0.05) is 54.6 Å². The van der Waals surface area contributed by atoms with Gasteiger partial charge in [0.15, 0.2) is 0 Å². The first kappa shape index (κ1) is 17.4. The van der Waals surface area contributed by atoms with Gasteiger partial charge < -0.3 is 15.0 Å². The fourth-order valence-corrected chi connectivity index (χ4v) is 3.70. The van der Waals surface area contributed by atoms with Gasteiger partial charge in [0.25, 0.3) is 0 Å². The molecule has 0 aliphatic heterocycles. The number of benzene rings is 3. The maximum absolute atomic E-state index is 5.84. The van der Waals surface area contributed by atoms with E-state index in [2.05, 4.69) is 77.5 Å². The van der Waals surface area contributed by atoms with Crippen LogP contribution in [0.25, 0.3) is 22.0 Å². The van der Waals surface area contributed by atoms with E-state index in [1.165, 1.54) is 33.2 Å². The van der Waals surface area contributed by atoms with E-state index in [0.29, 0.717) is 6.54 Å². The first-order valence-electron chi connectivity index (χ1n) is 9.29. The Morgan fingerprint density at radius 1 is 0.889 bits per heavy atom. The van der Waals surface area contributed by atoms with Crippen LogP contribution in [-0.4, -0.2) is 18.2 Å². The molecule has 0 bridgehead atoms. The molecule has 1 heterocycles. The van der Waals surface area contributed by atoms with Gasteiger partial charge >= 0.3 is 0 Å². The Kier molecular flexibility index (Phi) is 4.95. The molecule has 0 unspecified atom stereocenters. The van der Waals surface area contributed by atoms with Crippen molar-refractivity contribution in [1.82, 2.24) is 4.57 Å². The minimum Gasteiger partial charge on any atom is -0.497 e. The Labute approximate surface area is 160 Å². The lowest BCUT2D eigenvalue weighted by molar-refractivity contribution is 0.415. The zero-order chi connectivity index (χ0) is 18.6. The number of nitrogens with zero attached hydrogens (tertiary/aromatic N) is 1. The lowest BCUT2D eigenvalue weighted by Gasteiger charge is -2.12. The van der Waals surface area contributed by atoms with Gasteiger partial charge in [0.1, 0.15) is 5.75 Å². The molecule has 0 amide bonds. The lowest BCUT2D eigenvalue weighted by atomic mass is 10.00. The maximum Gasteiger partial charge on any atom is 0.119 e. The van der Waals surface area contributed by atoms with Crippen LogP contribution in [-0.2, 0) is 13.0 Å². The molecule has 0 spiro atoms. The first-order valence-corrected chi connectivity index (χ1v) is 9.29. The molecule has 0 aliphatic carbocycles. The highest BCUT2D eigenvalue weighted by atomic mass is 16.5. The van der Waals surface area contributed by atoms with Gasteiger partial charge in [-0.3, -0.25) is 0 Å². The SMILES string of the molecule is COc1ccc2c(c1)c(CCN)cn2Cc1ccccc1-c1ccccc1. The minimum atomic E-state index is 0.636. The summed E-state index contributed by atoms with van der Waals surface area (Å²) < 4.78 is 7.74. The smallest absolute Gasteiger partial charge is 0.119 e. The van der Waals surface area contributed by atoms with Gasteiger partial charge in [-0.15, -0.1) is 0 Å². The predicted molar refractivity (Wildman–Crippen MR) is 112 cm³/mol. The minimum absolute atomic E-state index is 0.636. The summed E-state index contributed by atoms with van der Waals surface area (Å²) in [4.78, 5) is 0. The molecular formula is C24H24N2O. The van der Waals surface area contributed by atoms with Gasteiger partial charge in [-0.25, -0.2) is 0 Å². The highest BCUT2D eigenvalue weighted by Crippen LogP contribution is 2.29. The van der Waals surface area contributed by atoms with E-state index in [-0.39, 0.29) is 0 Å². The zero-order valence-electron chi connectivity index (χ0n) is 15.6. The van der Waals surface area contributed by atoms with Crippen molar-refractivity contribution in [1.29, 1.82) is 0 Å². The third-order valence-corrected chi connectivity index (χ3v) is 5.03. The predicted octanol–water partition coefficient (Wildman–Crippen LogP) is 4.87. The number of methoxy groups -OCH3 is 1. The number of hydrogen-bond donors (Lipinski definition) is 1. The molecule has 4 rings (SSSR count). The molecule has 4 aromatic rings. The lowest BCUT2D eigenvalue weighted by Crippen LogP contribution is -2.02. The van der Waals surface area contributed by atoms with Crippen LogP contribution in [0.4, 0.5) is 0 Å². The molecule has 0 atom stereocenters. The summed E-state index contributed by atoms with van der Waals surface area (Å²) in [5.74, 6) is 0.878. The molecule has 0 saturated carbocycles. The van der Waals surface area contributed by atoms with E-state index in [9.17, 15) is 0 Å². The number of hydrogen-bond acceptors (Lipinski definition) is 2. The first-order chi connectivity index (χ1) is 13.3. The van der Waals surface area contributed by atoms with Crippen LogP contribution < -0.4 is 10.5 Å². The molecule has 0 radical (unpaired) electrons. The quantitative estimate of drug-likeness (QED) is 0.535. The van der Waals surface area contributed by atoms with Crippen molar-refractivity contribution in [2.45, 2.75) is 13.0 Å². The Bertz CT molecular complexity index is 1050. The van der Waals surface area contributed by atoms with E-state index in [1.54, 1.807) is 7.11 Å². The van der Waals surface area contributed by atoms with Gasteiger partial charge in [0, 0.05) is 23.6 Å². The van der Waals surface area contributed by atoms with Crippen LogP contribution in [0.5, 0.6) is 5.75 Å². The van der Waals surface area contributed by atoms with Gasteiger partial charge in [-0.05, 0) is 53.4 Å². The van der Waals surface area contributed by atoms with Crippen LogP contribution >= 0.6 is 0 Å². The second kappa shape index (κ2) is 7.68. The monoisotopic (exact) mass is 356 g/mol. The Morgan fingerprint density at radius 2 is 1.67 bits per heavy atom. The topological polar surface area (TPSA) is 40.2 Å². The molecule has 3 aromatic carbocycles. The number of nitrogens with two attached hydrogens (primary N) is 1. The Morgan fingerprint density at radius 3 is 2.44 bits per heavy atom. The van der Waals surface area contributed by atoms with E-state index in [0.717, 1.165) is 18.7 Å². The van der Waals surface area contributed by atoms with Crippen molar-refractivity contribution in [3.8, 4) is 16.9 Å². The highest BCUT2D eigenvalue weighted by molar-refractivity contribution is 5.85. The van der Waals surface area contributed by atoms with Crippen LogP contribution in [0, 0.1) is 0 Å². The number of aromatic nitrogens is 1. The van der Waals surface area contributed by atoms with E-state index in [4.69, 9.17) is 10.5 Å². The third kappa shape index (κ3) is 3.46. The molecule has 0 saturated heterocycles. The van der Waals surface area contributed by atoms with Crippen molar-refractivity contribution in [3.63, 3.8) is 0 Å². The van der Waals surface area contributed by atoms with Crippen LogP contribution in [0.3, 0.4) is 0 Å². The van der Waals surface area contributed by atoms with Gasteiger partial charge in [0.05, 0.1) is 7.11 Å². The van der Waals surface area contributed by atoms with E-state index in [1.807, 2.05) is 6.07 Å². The van der Waals surface area contributed by atoms with Crippen LogP contribution in [0.2, 0.25) is 0 Å². The van der Waals surface area contributed by atoms with Crippen molar-refractivity contribution in [3.05, 3.63) is 90.1 Å². The molecule has 3 heteroatoms. The van der Waals surface area contributed by atoms with Crippen molar-refractivity contribution in [2.24, 2.45) is 5.73 Å². The maximum atomic E-state index is 5.84. The zero-order valence-corrected chi connectivity index (χ0v) is 15.6. The Balaban J connectivity index is 1.79. The fraction of sp³-hybridized carbons (Fsp3) is 0.167. The average Bonchev–Trinajstić information content (AvgIpc) is 3.06. The standard InChI is InChI=1S/C24H24N2O/c1-27-21-11-12-24-23(15-21)20(13-14-25)17-26(24)16-19-9-5-6-10-22(19)18-7-3-2-4-8-18/h2-12,15,17H,13-14,16,25H2,1H3. The van der Waals surface area contributed by atoms with Crippen molar-refractivity contribution >= 4 is 10.9 Å². The van der Waals surface area contributed by atoms with Crippen LogP contribution in [0.1, 0.15) is 11.1 Å². The molecule has 0 aliphatic rings. The normalized spacial score (nSPS) is 11.0. The molecule has 2 N–H and O–H groups in total. The summed E-state index contributed by atoms with van der Waals surface area (Å²) in [5.41, 5.74) is 12.1. The van der Waals surface area contributed by atoms with Crippen molar-refractivity contribution in [2.75, 3.05) is 13.7 Å². The third-order valence-electron chi connectivity index (χ3n) is 5.03. The Hall–Kier alpha value is -3.04. The summed E-state index contributed by atoms with van der Waals surface area (Å²) >= 11 is 0. The summed E-state index contributed by atoms with van der Waals surface area (Å²) in [7, 11) is 1.71. The summed E-state index contributed by atoms with van der Waals surface area (Å²) in [6, 6.07) is 25.4.